The van der Waals surface area contributed by atoms with E-state index in [2.05, 4.69) is 63.5 Å². The van der Waals surface area contributed by atoms with Crippen molar-refractivity contribution in [3.8, 4) is 0 Å². The van der Waals surface area contributed by atoms with Crippen LogP contribution in [0, 0.1) is 19.8 Å². The standard InChI is InChI=1S/C16H26N2S/c1-11(2)6-7-14(5)17-16(19)18-15-9-12(3)8-13(4)10-15/h8-11,14H,6-7H2,1-5H3,(H2,17,18,19). The van der Waals surface area contributed by atoms with Gasteiger partial charge in [-0.15, -0.1) is 0 Å². The second-order valence-electron chi connectivity index (χ2n) is 5.85. The SMILES string of the molecule is Cc1cc(C)cc(NC(=S)NC(C)CCC(C)C)c1. The van der Waals surface area contributed by atoms with Gasteiger partial charge in [-0.1, -0.05) is 19.9 Å². The highest BCUT2D eigenvalue weighted by molar-refractivity contribution is 7.80. The number of anilines is 1. The molecule has 0 fully saturated rings. The van der Waals surface area contributed by atoms with Crippen molar-refractivity contribution in [2.75, 3.05) is 5.32 Å². The minimum Gasteiger partial charge on any atom is -0.360 e. The van der Waals surface area contributed by atoms with Crippen molar-refractivity contribution in [3.63, 3.8) is 0 Å². The second kappa shape index (κ2) is 7.49. The molecule has 0 spiro atoms. The van der Waals surface area contributed by atoms with Gasteiger partial charge in [-0.2, -0.15) is 0 Å². The highest BCUT2D eigenvalue weighted by Crippen LogP contribution is 2.14. The molecule has 0 aromatic heterocycles. The van der Waals surface area contributed by atoms with Gasteiger partial charge in [0.15, 0.2) is 5.11 Å². The summed E-state index contributed by atoms with van der Waals surface area (Å²) in [6.45, 7) is 10.9. The molecule has 0 aliphatic rings. The summed E-state index contributed by atoms with van der Waals surface area (Å²) in [5, 5.41) is 7.31. The molecule has 2 N–H and O–H groups in total. The molecular formula is C16H26N2S. The summed E-state index contributed by atoms with van der Waals surface area (Å²) in [6, 6.07) is 6.79. The summed E-state index contributed by atoms with van der Waals surface area (Å²) in [4.78, 5) is 0. The fourth-order valence-corrected chi connectivity index (χ4v) is 2.41. The van der Waals surface area contributed by atoms with Crippen LogP contribution in [0.2, 0.25) is 0 Å². The second-order valence-corrected chi connectivity index (χ2v) is 6.26. The van der Waals surface area contributed by atoms with Gasteiger partial charge in [-0.05, 0) is 75.0 Å². The monoisotopic (exact) mass is 278 g/mol. The average Bonchev–Trinajstić information content (AvgIpc) is 2.24. The third-order valence-corrected chi connectivity index (χ3v) is 3.25. The lowest BCUT2D eigenvalue weighted by Gasteiger charge is -2.18. The quantitative estimate of drug-likeness (QED) is 0.780. The molecule has 0 radical (unpaired) electrons. The molecule has 0 saturated heterocycles. The summed E-state index contributed by atoms with van der Waals surface area (Å²) in [5.41, 5.74) is 3.56. The van der Waals surface area contributed by atoms with Crippen LogP contribution < -0.4 is 10.6 Å². The van der Waals surface area contributed by atoms with Gasteiger partial charge in [0.2, 0.25) is 0 Å². The Kier molecular flexibility index (Phi) is 6.29. The highest BCUT2D eigenvalue weighted by atomic mass is 32.1. The van der Waals surface area contributed by atoms with E-state index in [1.54, 1.807) is 0 Å². The first-order valence-electron chi connectivity index (χ1n) is 7.02. The smallest absolute Gasteiger partial charge is 0.170 e. The summed E-state index contributed by atoms with van der Waals surface area (Å²) in [7, 11) is 0. The summed E-state index contributed by atoms with van der Waals surface area (Å²) < 4.78 is 0. The van der Waals surface area contributed by atoms with Crippen molar-refractivity contribution in [1.29, 1.82) is 0 Å². The molecule has 0 saturated carbocycles. The molecule has 3 heteroatoms. The van der Waals surface area contributed by atoms with Crippen molar-refractivity contribution in [2.45, 2.75) is 53.5 Å². The van der Waals surface area contributed by atoms with Gasteiger partial charge in [0.1, 0.15) is 0 Å². The van der Waals surface area contributed by atoms with Crippen LogP contribution in [0.1, 0.15) is 44.7 Å². The van der Waals surface area contributed by atoms with E-state index in [9.17, 15) is 0 Å². The maximum atomic E-state index is 5.36. The molecule has 0 aliphatic heterocycles. The molecule has 0 amide bonds. The molecule has 0 heterocycles. The Labute approximate surface area is 123 Å². The van der Waals surface area contributed by atoms with Crippen LogP contribution in [0.4, 0.5) is 5.69 Å². The molecule has 1 rings (SSSR count). The van der Waals surface area contributed by atoms with E-state index >= 15 is 0 Å². The molecular weight excluding hydrogens is 252 g/mol. The van der Waals surface area contributed by atoms with Crippen LogP contribution in [-0.4, -0.2) is 11.2 Å². The van der Waals surface area contributed by atoms with Crippen LogP contribution in [-0.2, 0) is 0 Å². The van der Waals surface area contributed by atoms with E-state index in [-0.39, 0.29) is 0 Å². The normalized spacial score (nSPS) is 12.3. The first-order valence-corrected chi connectivity index (χ1v) is 7.43. The summed E-state index contributed by atoms with van der Waals surface area (Å²) >= 11 is 5.36. The van der Waals surface area contributed by atoms with E-state index in [1.165, 1.54) is 17.5 Å². The lowest BCUT2D eigenvalue weighted by atomic mass is 10.0. The maximum absolute atomic E-state index is 5.36. The molecule has 1 aromatic carbocycles. The largest absolute Gasteiger partial charge is 0.360 e. The Morgan fingerprint density at radius 2 is 1.63 bits per heavy atom. The summed E-state index contributed by atoms with van der Waals surface area (Å²) in [6.07, 6.45) is 2.37. The van der Waals surface area contributed by atoms with E-state index in [1.807, 2.05) is 0 Å². The van der Waals surface area contributed by atoms with Crippen LogP contribution in [0.15, 0.2) is 18.2 Å². The minimum absolute atomic E-state index is 0.410. The van der Waals surface area contributed by atoms with Crippen molar-refractivity contribution < 1.29 is 0 Å². The minimum atomic E-state index is 0.410. The fraction of sp³-hybridized carbons (Fsp3) is 0.562. The Morgan fingerprint density at radius 1 is 1.05 bits per heavy atom. The predicted octanol–water partition coefficient (Wildman–Crippen LogP) is 4.41. The zero-order chi connectivity index (χ0) is 14.4. The molecule has 2 nitrogen and oxygen atoms in total. The van der Waals surface area contributed by atoms with E-state index in [4.69, 9.17) is 12.2 Å². The van der Waals surface area contributed by atoms with Gasteiger partial charge < -0.3 is 10.6 Å². The van der Waals surface area contributed by atoms with Gasteiger partial charge >= 0.3 is 0 Å². The van der Waals surface area contributed by atoms with Gasteiger partial charge in [-0.3, -0.25) is 0 Å². The van der Waals surface area contributed by atoms with Gasteiger partial charge in [0.05, 0.1) is 0 Å². The van der Waals surface area contributed by atoms with Crippen molar-refractivity contribution in [1.82, 2.24) is 5.32 Å². The number of thiocarbonyl (C=S) groups is 1. The van der Waals surface area contributed by atoms with Gasteiger partial charge in [0.25, 0.3) is 0 Å². The zero-order valence-electron chi connectivity index (χ0n) is 12.7. The van der Waals surface area contributed by atoms with Gasteiger partial charge in [0, 0.05) is 11.7 Å². The Balaban J connectivity index is 2.46. The molecule has 1 atom stereocenters. The van der Waals surface area contributed by atoms with E-state index in [0.717, 1.165) is 18.0 Å². The fourth-order valence-electron chi connectivity index (χ4n) is 2.09. The lowest BCUT2D eigenvalue weighted by Crippen LogP contribution is -2.36. The molecule has 1 aromatic rings. The van der Waals surface area contributed by atoms with Gasteiger partial charge in [-0.25, -0.2) is 0 Å². The highest BCUT2D eigenvalue weighted by Gasteiger charge is 2.06. The topological polar surface area (TPSA) is 24.1 Å². The van der Waals surface area contributed by atoms with Crippen LogP contribution in [0.25, 0.3) is 0 Å². The number of hydrogen-bond acceptors (Lipinski definition) is 1. The Bertz CT molecular complexity index is 407. The first kappa shape index (κ1) is 16.0. The van der Waals surface area contributed by atoms with Crippen molar-refractivity contribution >= 4 is 23.0 Å². The summed E-state index contributed by atoms with van der Waals surface area (Å²) in [5.74, 6) is 0.741. The maximum Gasteiger partial charge on any atom is 0.170 e. The third kappa shape index (κ3) is 6.58. The average molecular weight is 278 g/mol. The lowest BCUT2D eigenvalue weighted by molar-refractivity contribution is 0.494. The number of nitrogens with one attached hydrogen (secondary N) is 2. The van der Waals surface area contributed by atoms with Crippen molar-refractivity contribution in [3.05, 3.63) is 29.3 Å². The third-order valence-electron chi connectivity index (χ3n) is 3.03. The Hall–Kier alpha value is -1.09. The predicted molar refractivity (Wildman–Crippen MR) is 88.8 cm³/mol. The van der Waals surface area contributed by atoms with Crippen LogP contribution in [0.3, 0.4) is 0 Å². The van der Waals surface area contributed by atoms with E-state index < -0.39 is 0 Å². The van der Waals surface area contributed by atoms with E-state index in [0.29, 0.717) is 11.2 Å². The first-order chi connectivity index (χ1) is 8.86. The molecule has 19 heavy (non-hydrogen) atoms. The molecule has 1 unspecified atom stereocenters. The van der Waals surface area contributed by atoms with Crippen LogP contribution in [0.5, 0.6) is 0 Å². The molecule has 0 aliphatic carbocycles. The molecule has 106 valence electrons. The number of benzene rings is 1. The molecule has 0 bridgehead atoms. The van der Waals surface area contributed by atoms with Crippen LogP contribution >= 0.6 is 12.2 Å². The number of hydrogen-bond donors (Lipinski definition) is 2. The Morgan fingerprint density at radius 3 is 2.16 bits per heavy atom. The number of aryl methyl sites for hydroxylation is 2. The number of rotatable bonds is 5. The zero-order valence-corrected chi connectivity index (χ0v) is 13.5. The van der Waals surface area contributed by atoms with Crippen molar-refractivity contribution in [2.24, 2.45) is 5.92 Å².